The summed E-state index contributed by atoms with van der Waals surface area (Å²) in [6, 6.07) is 6.41. The van der Waals surface area contributed by atoms with E-state index in [2.05, 4.69) is 11.0 Å². The fourth-order valence-electron chi connectivity index (χ4n) is 3.50. The molecule has 0 aromatic heterocycles. The summed E-state index contributed by atoms with van der Waals surface area (Å²) in [5, 5.41) is 8.98. The van der Waals surface area contributed by atoms with Crippen LogP contribution in [0.2, 0.25) is 0 Å². The second-order valence-corrected chi connectivity index (χ2v) is 7.04. The summed E-state index contributed by atoms with van der Waals surface area (Å²) >= 11 is 0. The van der Waals surface area contributed by atoms with Crippen LogP contribution in [0, 0.1) is 11.8 Å². The monoisotopic (exact) mass is 317 g/mol. The maximum Gasteiger partial charge on any atom is 0.309 e. The first kappa shape index (κ1) is 14.8. The van der Waals surface area contributed by atoms with Crippen LogP contribution in [0.4, 0.5) is 0 Å². The lowest BCUT2D eigenvalue weighted by Gasteiger charge is -2.43. The molecule has 23 heavy (non-hydrogen) atoms. The van der Waals surface area contributed by atoms with E-state index in [1.54, 1.807) is 0 Å². The number of rotatable bonds is 5. The van der Waals surface area contributed by atoms with E-state index in [-0.39, 0.29) is 5.92 Å². The minimum atomic E-state index is -0.688. The lowest BCUT2D eigenvalue weighted by atomic mass is 9.86. The predicted molar refractivity (Wildman–Crippen MR) is 85.0 cm³/mol. The number of ether oxygens (including phenoxy) is 2. The van der Waals surface area contributed by atoms with Crippen molar-refractivity contribution in [3.8, 4) is 11.5 Å². The molecule has 1 aromatic carbocycles. The Balaban J connectivity index is 1.34. The molecule has 3 aliphatic rings. The van der Waals surface area contributed by atoms with Gasteiger partial charge in [-0.15, -0.1) is 0 Å². The van der Waals surface area contributed by atoms with Crippen LogP contribution in [0.5, 0.6) is 11.5 Å². The minimum absolute atomic E-state index is 0.210. The van der Waals surface area contributed by atoms with Gasteiger partial charge in [0, 0.05) is 25.2 Å². The number of fused-ring (bicyclic) bond motifs is 1. The smallest absolute Gasteiger partial charge is 0.309 e. The zero-order valence-electron chi connectivity index (χ0n) is 13.2. The number of carboxylic acid groups (broad SMARTS) is 1. The maximum absolute atomic E-state index is 10.9. The number of nitrogens with zero attached hydrogens (tertiary/aromatic N) is 1. The van der Waals surface area contributed by atoms with E-state index in [1.807, 2.05) is 12.1 Å². The van der Waals surface area contributed by atoms with E-state index in [4.69, 9.17) is 14.6 Å². The summed E-state index contributed by atoms with van der Waals surface area (Å²) in [6.45, 7) is 2.72. The Morgan fingerprint density at radius 1 is 1.35 bits per heavy atom. The third-order valence-electron chi connectivity index (χ3n) is 5.41. The highest BCUT2D eigenvalue weighted by Crippen LogP contribution is 2.33. The second kappa shape index (κ2) is 6.04. The number of hydrogen-bond donors (Lipinski definition) is 1. The van der Waals surface area contributed by atoms with Crippen LogP contribution in [-0.4, -0.2) is 48.3 Å². The molecule has 1 atom stereocenters. The molecule has 5 nitrogen and oxygen atoms in total. The van der Waals surface area contributed by atoms with Crippen LogP contribution >= 0.6 is 0 Å². The molecule has 2 fully saturated rings. The first-order chi connectivity index (χ1) is 11.2. The van der Waals surface area contributed by atoms with Gasteiger partial charge in [-0.3, -0.25) is 9.69 Å². The zero-order chi connectivity index (χ0) is 15.8. The molecular formula is C18H23NO4. The molecule has 0 amide bonds. The van der Waals surface area contributed by atoms with Crippen molar-refractivity contribution < 1.29 is 19.4 Å². The second-order valence-electron chi connectivity index (χ2n) is 7.04. The molecule has 1 saturated heterocycles. The minimum Gasteiger partial charge on any atom is -0.493 e. The van der Waals surface area contributed by atoms with Crippen LogP contribution in [0.3, 0.4) is 0 Å². The van der Waals surface area contributed by atoms with Gasteiger partial charge < -0.3 is 14.6 Å². The highest BCUT2D eigenvalue weighted by molar-refractivity contribution is 5.71. The van der Waals surface area contributed by atoms with Gasteiger partial charge in [0.1, 0.15) is 18.1 Å². The van der Waals surface area contributed by atoms with E-state index in [1.165, 1.54) is 24.8 Å². The highest BCUT2D eigenvalue weighted by Gasteiger charge is 2.38. The number of carbonyl (C=O) groups is 1. The van der Waals surface area contributed by atoms with Crippen LogP contribution < -0.4 is 9.47 Å². The molecule has 1 unspecified atom stereocenters. The molecular weight excluding hydrogens is 294 g/mol. The quantitative estimate of drug-likeness (QED) is 0.902. The van der Waals surface area contributed by atoms with E-state index >= 15 is 0 Å². The Bertz CT molecular complexity index is 593. The van der Waals surface area contributed by atoms with Gasteiger partial charge in [0.25, 0.3) is 0 Å². The van der Waals surface area contributed by atoms with Gasteiger partial charge in [0.15, 0.2) is 0 Å². The van der Waals surface area contributed by atoms with Crippen molar-refractivity contribution in [2.45, 2.75) is 31.7 Å². The van der Waals surface area contributed by atoms with E-state index in [0.29, 0.717) is 25.7 Å². The lowest BCUT2D eigenvalue weighted by molar-refractivity contribution is -0.149. The summed E-state index contributed by atoms with van der Waals surface area (Å²) in [5.74, 6) is 1.64. The summed E-state index contributed by atoms with van der Waals surface area (Å²) in [5.41, 5.74) is 1.19. The third-order valence-corrected chi connectivity index (χ3v) is 5.41. The van der Waals surface area contributed by atoms with Crippen LogP contribution in [-0.2, 0) is 11.2 Å². The van der Waals surface area contributed by atoms with Gasteiger partial charge >= 0.3 is 5.97 Å². The molecule has 1 N–H and O–H groups in total. The molecule has 2 aliphatic heterocycles. The standard InChI is InChI=1S/C18H23NO4/c20-18(21)14-8-19(9-14)15-6-13-4-5-16(7-17(13)23-11-15)22-10-12-2-1-3-12/h4-5,7,12,14-15H,1-3,6,8-11H2,(H,20,21). The fourth-order valence-corrected chi connectivity index (χ4v) is 3.50. The zero-order valence-corrected chi connectivity index (χ0v) is 13.2. The number of benzene rings is 1. The topological polar surface area (TPSA) is 59.0 Å². The van der Waals surface area contributed by atoms with Crippen molar-refractivity contribution in [3.63, 3.8) is 0 Å². The van der Waals surface area contributed by atoms with Gasteiger partial charge in [-0.2, -0.15) is 0 Å². The molecule has 0 spiro atoms. The Morgan fingerprint density at radius 2 is 2.17 bits per heavy atom. The van der Waals surface area contributed by atoms with Gasteiger partial charge in [-0.05, 0) is 36.8 Å². The van der Waals surface area contributed by atoms with E-state index < -0.39 is 5.97 Å². The molecule has 1 saturated carbocycles. The molecule has 5 heteroatoms. The number of likely N-dealkylation sites (tertiary alicyclic amines) is 1. The van der Waals surface area contributed by atoms with Gasteiger partial charge in [0.05, 0.1) is 12.5 Å². The molecule has 124 valence electrons. The van der Waals surface area contributed by atoms with Gasteiger partial charge in [-0.25, -0.2) is 0 Å². The van der Waals surface area contributed by atoms with Crippen molar-refractivity contribution in [1.29, 1.82) is 0 Å². The SMILES string of the molecule is O=C(O)C1CN(C2COc3cc(OCC4CCC4)ccc3C2)C1. The van der Waals surface area contributed by atoms with Crippen LogP contribution in [0.25, 0.3) is 0 Å². The van der Waals surface area contributed by atoms with Crippen LogP contribution in [0.15, 0.2) is 18.2 Å². The fraction of sp³-hybridized carbons (Fsp3) is 0.611. The Labute approximate surface area is 136 Å². The third kappa shape index (κ3) is 3.02. The van der Waals surface area contributed by atoms with Crippen molar-refractivity contribution in [2.75, 3.05) is 26.3 Å². The first-order valence-electron chi connectivity index (χ1n) is 8.54. The average molecular weight is 317 g/mol. The van der Waals surface area contributed by atoms with Crippen molar-refractivity contribution in [2.24, 2.45) is 11.8 Å². The summed E-state index contributed by atoms with van der Waals surface area (Å²) in [6.07, 6.45) is 4.83. The Kier molecular flexibility index (Phi) is 3.89. The maximum atomic E-state index is 10.9. The van der Waals surface area contributed by atoms with Gasteiger partial charge in [0.2, 0.25) is 0 Å². The van der Waals surface area contributed by atoms with E-state index in [0.717, 1.165) is 30.4 Å². The van der Waals surface area contributed by atoms with Crippen molar-refractivity contribution in [1.82, 2.24) is 4.90 Å². The first-order valence-corrected chi connectivity index (χ1v) is 8.54. The largest absolute Gasteiger partial charge is 0.493 e. The Morgan fingerprint density at radius 3 is 2.87 bits per heavy atom. The number of aliphatic carboxylic acids is 1. The molecule has 2 heterocycles. The molecule has 1 aromatic rings. The summed E-state index contributed by atoms with van der Waals surface area (Å²) in [4.78, 5) is 13.1. The molecule has 1 aliphatic carbocycles. The Hall–Kier alpha value is -1.75. The summed E-state index contributed by atoms with van der Waals surface area (Å²) < 4.78 is 11.8. The summed E-state index contributed by atoms with van der Waals surface area (Å²) in [7, 11) is 0. The average Bonchev–Trinajstić information content (AvgIpc) is 2.43. The number of hydrogen-bond acceptors (Lipinski definition) is 4. The highest BCUT2D eigenvalue weighted by atomic mass is 16.5. The van der Waals surface area contributed by atoms with E-state index in [9.17, 15) is 4.79 Å². The normalized spacial score (nSPS) is 25.0. The van der Waals surface area contributed by atoms with Crippen LogP contribution in [0.1, 0.15) is 24.8 Å². The van der Waals surface area contributed by atoms with Crippen molar-refractivity contribution >= 4 is 5.97 Å². The van der Waals surface area contributed by atoms with Crippen molar-refractivity contribution in [3.05, 3.63) is 23.8 Å². The predicted octanol–water partition coefficient (Wildman–Crippen LogP) is 2.19. The molecule has 0 bridgehead atoms. The number of carboxylic acids is 1. The lowest BCUT2D eigenvalue weighted by Crippen LogP contribution is -2.57. The molecule has 4 rings (SSSR count). The molecule has 0 radical (unpaired) electrons. The van der Waals surface area contributed by atoms with Gasteiger partial charge in [-0.1, -0.05) is 12.5 Å².